The zero-order chi connectivity index (χ0) is 37.5. The molecule has 0 N–H and O–H groups in total. The average molecular weight is 702 g/mol. The first-order valence-corrected chi connectivity index (χ1v) is 19.5. The number of fused-ring (bicyclic) bond motifs is 5. The molecule has 0 aliphatic heterocycles. The molecule has 54 heavy (non-hydrogen) atoms. The molecule has 0 spiro atoms. The third-order valence-corrected chi connectivity index (χ3v) is 11.0. The summed E-state index contributed by atoms with van der Waals surface area (Å²) in [7, 11) is 0. The summed E-state index contributed by atoms with van der Waals surface area (Å²) in [5.41, 5.74) is 11.7. The predicted molar refractivity (Wildman–Crippen MR) is 236 cm³/mol. The summed E-state index contributed by atoms with van der Waals surface area (Å²) in [6, 6.07) is 52.0. The molecule has 0 bridgehead atoms. The predicted octanol–water partition coefficient (Wildman–Crippen LogP) is 15.1. The number of anilines is 3. The normalized spacial score (nSPS) is 13.8. The molecule has 0 saturated heterocycles. The minimum atomic E-state index is 0.0807. The second-order valence-electron chi connectivity index (χ2n) is 16.9. The van der Waals surface area contributed by atoms with Crippen LogP contribution in [0.5, 0.6) is 0 Å². The van der Waals surface area contributed by atoms with Crippen molar-refractivity contribution in [2.45, 2.75) is 71.6 Å². The van der Waals surface area contributed by atoms with Gasteiger partial charge in [0.1, 0.15) is 0 Å². The van der Waals surface area contributed by atoms with E-state index in [0.29, 0.717) is 0 Å². The van der Waals surface area contributed by atoms with E-state index < -0.39 is 0 Å². The highest BCUT2D eigenvalue weighted by molar-refractivity contribution is 6.23. The number of hydrogen-bond donors (Lipinski definition) is 0. The van der Waals surface area contributed by atoms with E-state index in [2.05, 4.69) is 210 Å². The van der Waals surface area contributed by atoms with Crippen LogP contribution in [0, 0.1) is 0 Å². The van der Waals surface area contributed by atoms with Gasteiger partial charge in [0.25, 0.3) is 0 Å². The van der Waals surface area contributed by atoms with E-state index in [1.165, 1.54) is 71.4 Å². The van der Waals surface area contributed by atoms with Gasteiger partial charge in [0, 0.05) is 16.8 Å². The molecule has 0 unspecified atom stereocenters. The van der Waals surface area contributed by atoms with Gasteiger partial charge in [-0.3, -0.25) is 0 Å². The Morgan fingerprint density at radius 2 is 1.07 bits per heavy atom. The summed E-state index contributed by atoms with van der Waals surface area (Å²) in [4.78, 5) is 2.43. The van der Waals surface area contributed by atoms with Crippen molar-refractivity contribution < 1.29 is 0 Å². The largest absolute Gasteiger partial charge is 0.310 e. The Bertz CT molecular complexity index is 2550. The van der Waals surface area contributed by atoms with Gasteiger partial charge in [0.15, 0.2) is 0 Å². The average Bonchev–Trinajstić information content (AvgIpc) is 3.18. The van der Waals surface area contributed by atoms with Gasteiger partial charge in [0.05, 0.1) is 5.69 Å². The van der Waals surface area contributed by atoms with Gasteiger partial charge < -0.3 is 4.90 Å². The van der Waals surface area contributed by atoms with Crippen LogP contribution in [0.25, 0.3) is 38.4 Å². The molecule has 8 rings (SSSR count). The Labute approximate surface area is 322 Å². The van der Waals surface area contributed by atoms with Crippen molar-refractivity contribution in [3.05, 3.63) is 191 Å². The Balaban J connectivity index is 1.34. The number of allylic oxidation sites excluding steroid dienone is 5. The van der Waals surface area contributed by atoms with Gasteiger partial charge in [-0.1, -0.05) is 169 Å². The minimum Gasteiger partial charge on any atom is -0.310 e. The van der Waals surface area contributed by atoms with Crippen molar-refractivity contribution in [1.29, 1.82) is 0 Å². The maximum Gasteiger partial charge on any atom is 0.0546 e. The number of nitrogens with zero attached hydrogens (tertiary/aromatic N) is 1. The SMILES string of the molecule is CC(C)(C)c1ccc(C/C(=C/c2cc3c4ccccc4c(N(c4ccccc4)c4ccc(C(C)(C)C)cc4)cc3c3ccccc23)C2=CCCC=C2)cc1. The number of hydrogen-bond acceptors (Lipinski definition) is 1. The van der Waals surface area contributed by atoms with Gasteiger partial charge >= 0.3 is 0 Å². The highest BCUT2D eigenvalue weighted by Crippen LogP contribution is 2.45. The highest BCUT2D eigenvalue weighted by atomic mass is 15.1. The van der Waals surface area contributed by atoms with Crippen LogP contribution in [0.3, 0.4) is 0 Å². The molecule has 7 aromatic rings. The van der Waals surface area contributed by atoms with E-state index in [9.17, 15) is 0 Å². The van der Waals surface area contributed by atoms with Crippen LogP contribution in [-0.4, -0.2) is 0 Å². The maximum absolute atomic E-state index is 2.47. The van der Waals surface area contributed by atoms with Crippen LogP contribution in [-0.2, 0) is 17.3 Å². The molecular formula is C53H51N. The van der Waals surface area contributed by atoms with Crippen molar-refractivity contribution >= 4 is 55.5 Å². The summed E-state index contributed by atoms with van der Waals surface area (Å²) in [5.74, 6) is 0. The fraction of sp³-hybridized carbons (Fsp3) is 0.208. The van der Waals surface area contributed by atoms with Crippen molar-refractivity contribution in [2.75, 3.05) is 4.90 Å². The van der Waals surface area contributed by atoms with Gasteiger partial charge in [0.2, 0.25) is 0 Å². The summed E-state index contributed by atoms with van der Waals surface area (Å²) < 4.78 is 0. The molecule has 1 heteroatoms. The van der Waals surface area contributed by atoms with E-state index >= 15 is 0 Å². The Hall–Kier alpha value is -5.66. The van der Waals surface area contributed by atoms with Crippen molar-refractivity contribution in [2.24, 2.45) is 0 Å². The fourth-order valence-electron chi connectivity index (χ4n) is 8.00. The Kier molecular flexibility index (Phi) is 9.36. The lowest BCUT2D eigenvalue weighted by Crippen LogP contribution is -2.13. The second kappa shape index (κ2) is 14.3. The third kappa shape index (κ3) is 7.04. The molecular weight excluding hydrogens is 651 g/mol. The van der Waals surface area contributed by atoms with Gasteiger partial charge in [-0.05, 0) is 127 Å². The second-order valence-corrected chi connectivity index (χ2v) is 16.9. The number of para-hydroxylation sites is 1. The summed E-state index contributed by atoms with van der Waals surface area (Å²) in [6.07, 6.45) is 12.6. The lowest BCUT2D eigenvalue weighted by molar-refractivity contribution is 0.590. The summed E-state index contributed by atoms with van der Waals surface area (Å²) >= 11 is 0. The first kappa shape index (κ1) is 35.4. The van der Waals surface area contributed by atoms with Crippen LogP contribution < -0.4 is 4.90 Å². The molecule has 0 aromatic heterocycles. The first-order valence-electron chi connectivity index (χ1n) is 19.5. The smallest absolute Gasteiger partial charge is 0.0546 e. The van der Waals surface area contributed by atoms with Crippen molar-refractivity contribution in [3.63, 3.8) is 0 Å². The molecule has 7 aromatic carbocycles. The van der Waals surface area contributed by atoms with Gasteiger partial charge in [-0.2, -0.15) is 0 Å². The quantitative estimate of drug-likeness (QED) is 0.150. The summed E-state index contributed by atoms with van der Waals surface area (Å²) in [5, 5.41) is 7.57. The molecule has 0 radical (unpaired) electrons. The molecule has 0 fully saturated rings. The number of benzene rings is 7. The van der Waals surface area contributed by atoms with Crippen LogP contribution in [0.15, 0.2) is 169 Å². The Morgan fingerprint density at radius 1 is 0.537 bits per heavy atom. The molecule has 0 atom stereocenters. The summed E-state index contributed by atoms with van der Waals surface area (Å²) in [6.45, 7) is 13.7. The maximum atomic E-state index is 2.47. The van der Waals surface area contributed by atoms with E-state index in [4.69, 9.17) is 0 Å². The van der Waals surface area contributed by atoms with Crippen LogP contribution in [0.2, 0.25) is 0 Å². The molecule has 0 amide bonds. The van der Waals surface area contributed by atoms with Crippen molar-refractivity contribution in [1.82, 2.24) is 0 Å². The van der Waals surface area contributed by atoms with E-state index in [1.807, 2.05) is 0 Å². The van der Waals surface area contributed by atoms with Gasteiger partial charge in [-0.15, -0.1) is 0 Å². The molecule has 268 valence electrons. The first-order chi connectivity index (χ1) is 26.0. The van der Waals surface area contributed by atoms with E-state index in [1.54, 1.807) is 0 Å². The van der Waals surface area contributed by atoms with Crippen molar-refractivity contribution in [3.8, 4) is 0 Å². The molecule has 0 saturated carbocycles. The zero-order valence-electron chi connectivity index (χ0n) is 32.7. The topological polar surface area (TPSA) is 3.24 Å². The fourth-order valence-corrected chi connectivity index (χ4v) is 8.00. The zero-order valence-corrected chi connectivity index (χ0v) is 32.7. The molecule has 1 aliphatic rings. The molecule has 1 aliphatic carbocycles. The monoisotopic (exact) mass is 701 g/mol. The lowest BCUT2D eigenvalue weighted by atomic mass is 9.85. The van der Waals surface area contributed by atoms with E-state index in [0.717, 1.165) is 30.6 Å². The third-order valence-electron chi connectivity index (χ3n) is 11.0. The number of rotatable bonds is 7. The lowest BCUT2D eigenvalue weighted by Gasteiger charge is -2.29. The van der Waals surface area contributed by atoms with Crippen LogP contribution >= 0.6 is 0 Å². The van der Waals surface area contributed by atoms with Crippen LogP contribution in [0.4, 0.5) is 17.1 Å². The van der Waals surface area contributed by atoms with E-state index in [-0.39, 0.29) is 10.8 Å². The minimum absolute atomic E-state index is 0.0807. The Morgan fingerprint density at radius 3 is 1.69 bits per heavy atom. The molecule has 1 nitrogen and oxygen atoms in total. The van der Waals surface area contributed by atoms with Crippen LogP contribution in [0.1, 0.15) is 76.6 Å². The molecule has 0 heterocycles. The standard InChI is InChI=1S/C53H51N/c1-52(2,3)41-27-25-37(26-28-41)33-39(38-17-9-7-10-18-38)34-40-35-49-47-23-15-16-24-48(47)51(36-50(49)46-22-14-13-21-45(40)46)54(43-19-11-8-12-20-43)44-31-29-42(30-32-44)53(4,5)6/h8-9,11-32,34-36H,7,10,33H2,1-6H3/b39-34-. The highest BCUT2D eigenvalue weighted by Gasteiger charge is 2.21. The van der Waals surface area contributed by atoms with Gasteiger partial charge in [-0.25, -0.2) is 0 Å².